The molecule has 5 nitrogen and oxygen atoms in total. The first kappa shape index (κ1) is 10.3. The van der Waals surface area contributed by atoms with Gasteiger partial charge in [-0.15, -0.1) is 0 Å². The molecule has 0 saturated carbocycles. The lowest BCUT2D eigenvalue weighted by atomic mass is 10.3. The van der Waals surface area contributed by atoms with Crippen LogP contribution in [0.5, 0.6) is 0 Å². The van der Waals surface area contributed by atoms with E-state index in [0.29, 0.717) is 18.1 Å². The lowest BCUT2D eigenvalue weighted by molar-refractivity contribution is 0.491. The third-order valence-corrected chi connectivity index (χ3v) is 2.76. The number of nitrogens with two attached hydrogens (primary N) is 1. The lowest BCUT2D eigenvalue weighted by Gasteiger charge is -1.94. The second kappa shape index (κ2) is 3.89. The average Bonchev–Trinajstić information content (AvgIpc) is 2.84. The largest absolute Gasteiger partial charge is 0.439 e. The third-order valence-electron chi connectivity index (χ3n) is 2.35. The Hall–Kier alpha value is -1.82. The molecule has 0 spiro atoms. The first-order valence-electron chi connectivity index (χ1n) is 5.03. The molecule has 2 N–H and O–H groups in total. The molecule has 0 radical (unpaired) electrons. The van der Waals surface area contributed by atoms with Crippen molar-refractivity contribution in [2.45, 2.75) is 6.54 Å². The summed E-state index contributed by atoms with van der Waals surface area (Å²) in [5.74, 6) is 0.612. The quantitative estimate of drug-likeness (QED) is 0.737. The zero-order valence-corrected chi connectivity index (χ0v) is 10.4. The smallest absolute Gasteiger partial charge is 0.217 e. The van der Waals surface area contributed by atoms with Crippen LogP contribution in [0.2, 0.25) is 0 Å². The van der Waals surface area contributed by atoms with E-state index in [1.807, 2.05) is 12.3 Å². The Bertz CT molecular complexity index is 673. The highest BCUT2D eigenvalue weighted by Crippen LogP contribution is 2.19. The first-order chi connectivity index (χ1) is 8.20. The number of hydrogen-bond acceptors (Lipinski definition) is 4. The molecule has 6 heteroatoms. The van der Waals surface area contributed by atoms with Gasteiger partial charge in [0.2, 0.25) is 5.89 Å². The molecule has 2 aromatic heterocycles. The van der Waals surface area contributed by atoms with Crippen molar-refractivity contribution in [2.24, 2.45) is 0 Å². The van der Waals surface area contributed by atoms with Crippen LogP contribution in [0.3, 0.4) is 0 Å². The summed E-state index contributed by atoms with van der Waals surface area (Å²) in [4.78, 5) is 4.36. The van der Waals surface area contributed by atoms with Crippen molar-refractivity contribution in [3.05, 3.63) is 41.0 Å². The summed E-state index contributed by atoms with van der Waals surface area (Å²) in [7, 11) is 0. The van der Waals surface area contributed by atoms with Crippen LogP contribution >= 0.6 is 15.9 Å². The molecule has 3 aromatic rings. The van der Waals surface area contributed by atoms with Crippen LogP contribution in [0.4, 0.5) is 5.69 Å². The minimum Gasteiger partial charge on any atom is -0.439 e. The molecular formula is C11H9BrN4O. The standard InChI is InChI=1S/C11H9BrN4O/c12-7-4-14-16(5-7)6-11-15-9-3-8(13)1-2-10(9)17-11/h1-5H,6,13H2. The van der Waals surface area contributed by atoms with Crippen molar-refractivity contribution in [3.63, 3.8) is 0 Å². The molecule has 0 atom stereocenters. The Kier molecular flexibility index (Phi) is 2.36. The SMILES string of the molecule is Nc1ccc2oc(Cn3cc(Br)cn3)nc2c1. The van der Waals surface area contributed by atoms with Crippen molar-refractivity contribution in [1.29, 1.82) is 0 Å². The number of hydrogen-bond donors (Lipinski definition) is 1. The molecule has 0 aliphatic heterocycles. The van der Waals surface area contributed by atoms with Gasteiger partial charge >= 0.3 is 0 Å². The molecule has 17 heavy (non-hydrogen) atoms. The van der Waals surface area contributed by atoms with Crippen molar-refractivity contribution < 1.29 is 4.42 Å². The first-order valence-corrected chi connectivity index (χ1v) is 5.83. The number of nitrogen functional groups attached to an aromatic ring is 1. The Morgan fingerprint density at radius 3 is 3.06 bits per heavy atom. The van der Waals surface area contributed by atoms with E-state index in [0.717, 1.165) is 15.6 Å². The van der Waals surface area contributed by atoms with Gasteiger partial charge in [-0.25, -0.2) is 4.98 Å². The number of halogens is 1. The molecule has 0 amide bonds. The Balaban J connectivity index is 1.95. The van der Waals surface area contributed by atoms with Crippen LogP contribution in [0.1, 0.15) is 5.89 Å². The molecule has 0 unspecified atom stereocenters. The summed E-state index contributed by atoms with van der Waals surface area (Å²) in [5.41, 5.74) is 7.87. The predicted molar refractivity (Wildman–Crippen MR) is 67.5 cm³/mol. The Morgan fingerprint density at radius 1 is 1.41 bits per heavy atom. The molecule has 0 aliphatic carbocycles. The summed E-state index contributed by atoms with van der Waals surface area (Å²) >= 11 is 3.34. The van der Waals surface area contributed by atoms with Crippen molar-refractivity contribution in [1.82, 2.24) is 14.8 Å². The van der Waals surface area contributed by atoms with Gasteiger partial charge in [-0.05, 0) is 34.1 Å². The van der Waals surface area contributed by atoms with Crippen molar-refractivity contribution >= 4 is 32.7 Å². The number of aromatic nitrogens is 3. The van der Waals surface area contributed by atoms with Gasteiger partial charge in [-0.1, -0.05) is 0 Å². The maximum atomic E-state index is 5.68. The molecular weight excluding hydrogens is 284 g/mol. The second-order valence-electron chi connectivity index (χ2n) is 3.69. The average molecular weight is 293 g/mol. The van der Waals surface area contributed by atoms with E-state index < -0.39 is 0 Å². The summed E-state index contributed by atoms with van der Waals surface area (Å²) in [6.07, 6.45) is 3.59. The normalized spacial score (nSPS) is 11.1. The summed E-state index contributed by atoms with van der Waals surface area (Å²) in [6, 6.07) is 5.41. The predicted octanol–water partition coefficient (Wildman–Crippen LogP) is 2.42. The van der Waals surface area contributed by atoms with Crippen LogP contribution in [-0.2, 0) is 6.54 Å². The van der Waals surface area contributed by atoms with Crippen LogP contribution in [-0.4, -0.2) is 14.8 Å². The monoisotopic (exact) mass is 292 g/mol. The van der Waals surface area contributed by atoms with Crippen LogP contribution in [0.15, 0.2) is 39.5 Å². The second-order valence-corrected chi connectivity index (χ2v) is 4.61. The van der Waals surface area contributed by atoms with Gasteiger partial charge in [0.05, 0.1) is 10.7 Å². The zero-order valence-electron chi connectivity index (χ0n) is 8.80. The summed E-state index contributed by atoms with van der Waals surface area (Å²) < 4.78 is 8.27. The molecule has 0 aliphatic rings. The number of benzene rings is 1. The minimum absolute atomic E-state index is 0.500. The van der Waals surface area contributed by atoms with Crippen LogP contribution in [0, 0.1) is 0 Å². The third kappa shape index (κ3) is 2.03. The molecule has 86 valence electrons. The van der Waals surface area contributed by atoms with Crippen molar-refractivity contribution in [3.8, 4) is 0 Å². The van der Waals surface area contributed by atoms with E-state index in [9.17, 15) is 0 Å². The highest BCUT2D eigenvalue weighted by Gasteiger charge is 2.07. The maximum absolute atomic E-state index is 5.68. The van der Waals surface area contributed by atoms with E-state index >= 15 is 0 Å². The number of oxazole rings is 1. The number of fused-ring (bicyclic) bond motifs is 1. The fourth-order valence-corrected chi connectivity index (χ4v) is 1.95. The zero-order chi connectivity index (χ0) is 11.8. The van der Waals surface area contributed by atoms with E-state index in [1.54, 1.807) is 23.0 Å². The van der Waals surface area contributed by atoms with Gasteiger partial charge in [0.1, 0.15) is 12.1 Å². The number of nitrogens with zero attached hydrogens (tertiary/aromatic N) is 3. The number of rotatable bonds is 2. The number of anilines is 1. The van der Waals surface area contributed by atoms with E-state index in [1.165, 1.54) is 0 Å². The lowest BCUT2D eigenvalue weighted by Crippen LogP contribution is -1.99. The summed E-state index contributed by atoms with van der Waals surface area (Å²) in [6.45, 7) is 0.500. The van der Waals surface area contributed by atoms with E-state index in [2.05, 4.69) is 26.0 Å². The highest BCUT2D eigenvalue weighted by atomic mass is 79.9. The fourth-order valence-electron chi connectivity index (χ4n) is 1.62. The van der Waals surface area contributed by atoms with Crippen LogP contribution < -0.4 is 5.73 Å². The molecule has 2 heterocycles. The van der Waals surface area contributed by atoms with Gasteiger partial charge in [-0.2, -0.15) is 5.10 Å². The van der Waals surface area contributed by atoms with E-state index in [-0.39, 0.29) is 0 Å². The molecule has 0 bridgehead atoms. The fraction of sp³-hybridized carbons (Fsp3) is 0.0909. The molecule has 1 aromatic carbocycles. The Labute approximate surface area is 105 Å². The van der Waals surface area contributed by atoms with Gasteiger partial charge in [0, 0.05) is 11.9 Å². The molecule has 3 rings (SSSR count). The van der Waals surface area contributed by atoms with Gasteiger partial charge in [-0.3, -0.25) is 4.68 Å². The highest BCUT2D eigenvalue weighted by molar-refractivity contribution is 9.10. The minimum atomic E-state index is 0.500. The molecule has 0 fully saturated rings. The van der Waals surface area contributed by atoms with Gasteiger partial charge in [0.15, 0.2) is 5.58 Å². The Morgan fingerprint density at radius 2 is 2.29 bits per heavy atom. The maximum Gasteiger partial charge on any atom is 0.217 e. The van der Waals surface area contributed by atoms with Gasteiger partial charge < -0.3 is 10.2 Å². The van der Waals surface area contributed by atoms with Crippen molar-refractivity contribution in [2.75, 3.05) is 5.73 Å². The molecule has 0 saturated heterocycles. The van der Waals surface area contributed by atoms with E-state index in [4.69, 9.17) is 10.2 Å². The topological polar surface area (TPSA) is 69.9 Å². The summed E-state index contributed by atoms with van der Waals surface area (Å²) in [5, 5.41) is 4.14. The van der Waals surface area contributed by atoms with Crippen LogP contribution in [0.25, 0.3) is 11.1 Å². The van der Waals surface area contributed by atoms with Gasteiger partial charge in [0.25, 0.3) is 0 Å².